The first-order valence-corrected chi connectivity index (χ1v) is 9.58. The van der Waals surface area contributed by atoms with E-state index in [4.69, 9.17) is 0 Å². The van der Waals surface area contributed by atoms with E-state index in [1.807, 2.05) is 13.0 Å². The zero-order valence-corrected chi connectivity index (χ0v) is 14.8. The molecule has 0 unspecified atom stereocenters. The van der Waals surface area contributed by atoms with Crippen LogP contribution in [0.3, 0.4) is 0 Å². The molecule has 0 fully saturated rings. The maximum atomic E-state index is 12.5. The van der Waals surface area contributed by atoms with Crippen molar-refractivity contribution >= 4 is 20.8 Å². The van der Waals surface area contributed by atoms with Crippen molar-refractivity contribution in [1.29, 1.82) is 0 Å². The lowest BCUT2D eigenvalue weighted by Gasteiger charge is -2.15. The topological polar surface area (TPSA) is 99.8 Å². The SMILES string of the molecule is C[C@H](CNCCc1ccn[nH]1)NS(=O)(=O)c1ccc2cnccc2c1. The lowest BCUT2D eigenvalue weighted by molar-refractivity contribution is 0.536. The standard InChI is InChI=1S/C17H21N5O2S/c1-13(11-18-8-5-16-6-9-20-21-16)22-25(23,24)17-3-2-15-12-19-7-4-14(15)10-17/h2-4,6-7,9-10,12-13,18,22H,5,8,11H2,1H3,(H,20,21)/t13-/m1/s1. The van der Waals surface area contributed by atoms with E-state index in [0.717, 1.165) is 29.4 Å². The third-order valence-electron chi connectivity index (χ3n) is 3.86. The summed E-state index contributed by atoms with van der Waals surface area (Å²) in [5.41, 5.74) is 1.05. The first-order chi connectivity index (χ1) is 12.0. The van der Waals surface area contributed by atoms with Crippen LogP contribution < -0.4 is 10.0 Å². The molecular weight excluding hydrogens is 338 g/mol. The molecule has 7 nitrogen and oxygen atoms in total. The molecule has 0 saturated carbocycles. The highest BCUT2D eigenvalue weighted by Crippen LogP contribution is 2.18. The number of aromatic amines is 1. The van der Waals surface area contributed by atoms with E-state index < -0.39 is 10.0 Å². The van der Waals surface area contributed by atoms with E-state index in [9.17, 15) is 8.42 Å². The number of H-pyrrole nitrogens is 1. The van der Waals surface area contributed by atoms with Crippen LogP contribution in [0.2, 0.25) is 0 Å². The number of hydrogen-bond acceptors (Lipinski definition) is 5. The van der Waals surface area contributed by atoms with Gasteiger partial charge < -0.3 is 5.32 Å². The first-order valence-electron chi connectivity index (χ1n) is 8.10. The van der Waals surface area contributed by atoms with Crippen LogP contribution in [0.1, 0.15) is 12.6 Å². The first kappa shape index (κ1) is 17.5. The minimum absolute atomic E-state index is 0.222. The molecular formula is C17H21N5O2S. The molecule has 0 radical (unpaired) electrons. The molecule has 2 heterocycles. The van der Waals surface area contributed by atoms with Crippen LogP contribution in [0, 0.1) is 0 Å². The van der Waals surface area contributed by atoms with Crippen LogP contribution in [-0.4, -0.2) is 42.7 Å². The number of sulfonamides is 1. The molecule has 0 saturated heterocycles. The minimum Gasteiger partial charge on any atom is -0.315 e. The summed E-state index contributed by atoms with van der Waals surface area (Å²) in [6.07, 6.45) is 5.90. The van der Waals surface area contributed by atoms with Crippen LogP contribution in [0.25, 0.3) is 10.8 Å². The Hall–Kier alpha value is -2.29. The van der Waals surface area contributed by atoms with Gasteiger partial charge in [0.15, 0.2) is 0 Å². The van der Waals surface area contributed by atoms with E-state index in [-0.39, 0.29) is 10.9 Å². The summed E-state index contributed by atoms with van der Waals surface area (Å²) in [5, 5.41) is 11.8. The molecule has 1 aromatic carbocycles. The Morgan fingerprint density at radius 1 is 1.16 bits per heavy atom. The zero-order chi connectivity index (χ0) is 17.7. The third kappa shape index (κ3) is 4.62. The van der Waals surface area contributed by atoms with Gasteiger partial charge in [0, 0.05) is 55.2 Å². The summed E-state index contributed by atoms with van der Waals surface area (Å²) in [5.74, 6) is 0. The second-order valence-electron chi connectivity index (χ2n) is 5.94. The van der Waals surface area contributed by atoms with E-state index in [1.165, 1.54) is 0 Å². The average molecular weight is 359 g/mol. The highest BCUT2D eigenvalue weighted by atomic mass is 32.2. The summed E-state index contributed by atoms with van der Waals surface area (Å²) < 4.78 is 27.8. The highest BCUT2D eigenvalue weighted by Gasteiger charge is 2.17. The molecule has 1 atom stereocenters. The van der Waals surface area contributed by atoms with Gasteiger partial charge in [-0.05, 0) is 36.6 Å². The van der Waals surface area contributed by atoms with Crippen molar-refractivity contribution in [1.82, 2.24) is 25.2 Å². The van der Waals surface area contributed by atoms with Gasteiger partial charge in [0.1, 0.15) is 0 Å². The average Bonchev–Trinajstić information content (AvgIpc) is 3.11. The number of fused-ring (bicyclic) bond motifs is 1. The number of hydrogen-bond donors (Lipinski definition) is 3. The smallest absolute Gasteiger partial charge is 0.240 e. The number of rotatable bonds is 8. The van der Waals surface area contributed by atoms with E-state index in [0.29, 0.717) is 6.54 Å². The van der Waals surface area contributed by atoms with E-state index >= 15 is 0 Å². The zero-order valence-electron chi connectivity index (χ0n) is 13.9. The molecule has 0 bridgehead atoms. The Labute approximate surface area is 146 Å². The highest BCUT2D eigenvalue weighted by molar-refractivity contribution is 7.89. The summed E-state index contributed by atoms with van der Waals surface area (Å²) in [6.45, 7) is 3.13. The van der Waals surface area contributed by atoms with Gasteiger partial charge >= 0.3 is 0 Å². The fraction of sp³-hybridized carbons (Fsp3) is 0.294. The Balaban J connectivity index is 1.56. The maximum absolute atomic E-state index is 12.5. The van der Waals surface area contributed by atoms with Gasteiger partial charge in [-0.1, -0.05) is 6.07 Å². The van der Waals surface area contributed by atoms with Crippen molar-refractivity contribution in [2.24, 2.45) is 0 Å². The predicted octanol–water partition coefficient (Wildman–Crippen LogP) is 1.46. The predicted molar refractivity (Wildman–Crippen MR) is 96.7 cm³/mol. The van der Waals surface area contributed by atoms with Crippen molar-refractivity contribution in [2.75, 3.05) is 13.1 Å². The number of aromatic nitrogens is 3. The largest absolute Gasteiger partial charge is 0.315 e. The summed E-state index contributed by atoms with van der Waals surface area (Å²) in [4.78, 5) is 4.29. The van der Waals surface area contributed by atoms with Gasteiger partial charge in [0.25, 0.3) is 0 Å². The molecule has 3 aromatic rings. The van der Waals surface area contributed by atoms with Crippen molar-refractivity contribution in [3.05, 3.63) is 54.6 Å². The van der Waals surface area contributed by atoms with Crippen LogP contribution >= 0.6 is 0 Å². The quantitative estimate of drug-likeness (QED) is 0.529. The Morgan fingerprint density at radius 3 is 2.84 bits per heavy atom. The number of nitrogens with zero attached hydrogens (tertiary/aromatic N) is 2. The number of benzene rings is 1. The minimum atomic E-state index is -3.56. The molecule has 2 aromatic heterocycles. The van der Waals surface area contributed by atoms with Gasteiger partial charge in [-0.3, -0.25) is 10.1 Å². The Morgan fingerprint density at radius 2 is 2.04 bits per heavy atom. The molecule has 3 rings (SSSR count). The Bertz CT molecular complexity index is 925. The van der Waals surface area contributed by atoms with Crippen molar-refractivity contribution in [3.8, 4) is 0 Å². The maximum Gasteiger partial charge on any atom is 0.240 e. The molecule has 0 aliphatic rings. The van der Waals surface area contributed by atoms with Gasteiger partial charge in [-0.2, -0.15) is 5.10 Å². The molecule has 0 aliphatic heterocycles. The lowest BCUT2D eigenvalue weighted by atomic mass is 10.2. The van der Waals surface area contributed by atoms with E-state index in [2.05, 4.69) is 25.2 Å². The van der Waals surface area contributed by atoms with Gasteiger partial charge in [0.2, 0.25) is 10.0 Å². The number of nitrogens with one attached hydrogen (secondary N) is 3. The third-order valence-corrected chi connectivity index (χ3v) is 5.45. The molecule has 0 spiro atoms. The summed E-state index contributed by atoms with van der Waals surface area (Å²) in [7, 11) is -3.56. The van der Waals surface area contributed by atoms with Gasteiger partial charge in [-0.15, -0.1) is 0 Å². The van der Waals surface area contributed by atoms with Crippen molar-refractivity contribution in [2.45, 2.75) is 24.3 Å². The van der Waals surface area contributed by atoms with Gasteiger partial charge in [0.05, 0.1) is 4.90 Å². The number of pyridine rings is 1. The monoisotopic (exact) mass is 359 g/mol. The normalized spacial score (nSPS) is 13.2. The summed E-state index contributed by atoms with van der Waals surface area (Å²) in [6, 6.07) is 8.53. The molecule has 8 heteroatoms. The van der Waals surface area contributed by atoms with Gasteiger partial charge in [-0.25, -0.2) is 13.1 Å². The molecule has 132 valence electrons. The van der Waals surface area contributed by atoms with Crippen molar-refractivity contribution < 1.29 is 8.42 Å². The second-order valence-corrected chi connectivity index (χ2v) is 7.66. The van der Waals surface area contributed by atoms with Crippen molar-refractivity contribution in [3.63, 3.8) is 0 Å². The Kier molecular flexibility index (Phi) is 5.42. The van der Waals surface area contributed by atoms with Crippen LogP contribution in [-0.2, 0) is 16.4 Å². The lowest BCUT2D eigenvalue weighted by Crippen LogP contribution is -2.40. The summed E-state index contributed by atoms with van der Waals surface area (Å²) >= 11 is 0. The fourth-order valence-corrected chi connectivity index (χ4v) is 3.85. The fourth-order valence-electron chi connectivity index (χ4n) is 2.57. The van der Waals surface area contributed by atoms with E-state index in [1.54, 1.807) is 42.9 Å². The molecule has 0 amide bonds. The van der Waals surface area contributed by atoms with Crippen LogP contribution in [0.15, 0.2) is 53.8 Å². The second kappa shape index (κ2) is 7.73. The molecule has 0 aliphatic carbocycles. The van der Waals surface area contributed by atoms with Crippen LogP contribution in [0.5, 0.6) is 0 Å². The van der Waals surface area contributed by atoms with Crippen LogP contribution in [0.4, 0.5) is 0 Å². The molecule has 3 N–H and O–H groups in total. The molecule has 25 heavy (non-hydrogen) atoms.